The molecule has 2 aliphatic carbocycles. The summed E-state index contributed by atoms with van der Waals surface area (Å²) >= 11 is 0. The standard InChI is InChI=1S/C26H31F4N5O/c1-16-2-7-22-23(16)24(33-15-32-22)34-8-10-35(11-9-34)25(36)19(14-31-13-17-3-4-17)18-5-6-20(21(27)12-18)26(28,29)30/h5-6,12,15-17,19,31H,2-4,7-11,13-14H2,1H3/t16-,19?/m1/s1. The van der Waals surface area contributed by atoms with E-state index >= 15 is 0 Å². The number of carbonyl (C=O) groups excluding carboxylic acids is 1. The largest absolute Gasteiger partial charge is 0.419 e. The molecular weight excluding hydrogens is 474 g/mol. The fraction of sp³-hybridized carbons (Fsp3) is 0.577. The van der Waals surface area contributed by atoms with E-state index in [0.29, 0.717) is 38.0 Å². The van der Waals surface area contributed by atoms with Gasteiger partial charge in [0.2, 0.25) is 5.91 Å². The zero-order valence-corrected chi connectivity index (χ0v) is 20.3. The van der Waals surface area contributed by atoms with Crippen LogP contribution >= 0.6 is 0 Å². The van der Waals surface area contributed by atoms with Crippen molar-refractivity contribution in [2.24, 2.45) is 5.92 Å². The molecule has 0 bridgehead atoms. The number of hydrogen-bond acceptors (Lipinski definition) is 5. The van der Waals surface area contributed by atoms with Gasteiger partial charge >= 0.3 is 6.18 Å². The minimum atomic E-state index is -4.78. The lowest BCUT2D eigenvalue weighted by Gasteiger charge is -2.38. The third kappa shape index (κ3) is 5.19. The van der Waals surface area contributed by atoms with Crippen molar-refractivity contribution < 1.29 is 22.4 Å². The van der Waals surface area contributed by atoms with Crippen LogP contribution in [0.1, 0.15) is 60.4 Å². The molecule has 1 aromatic heterocycles. The molecule has 2 aromatic rings. The average Bonchev–Trinajstić information content (AvgIpc) is 3.61. The number of aromatic nitrogens is 2. The van der Waals surface area contributed by atoms with Gasteiger partial charge in [0.05, 0.1) is 11.5 Å². The lowest BCUT2D eigenvalue weighted by Crippen LogP contribution is -2.51. The first-order chi connectivity index (χ1) is 17.2. The Labute approximate surface area is 208 Å². The van der Waals surface area contributed by atoms with Crippen LogP contribution in [0.15, 0.2) is 24.5 Å². The fourth-order valence-electron chi connectivity index (χ4n) is 5.31. The van der Waals surface area contributed by atoms with Crippen molar-refractivity contribution in [1.29, 1.82) is 0 Å². The maximum Gasteiger partial charge on any atom is 0.419 e. The second-order valence-corrected chi connectivity index (χ2v) is 10.2. The van der Waals surface area contributed by atoms with E-state index in [4.69, 9.17) is 0 Å². The Hall–Kier alpha value is -2.75. The second-order valence-electron chi connectivity index (χ2n) is 10.2. The Bertz CT molecular complexity index is 1110. The van der Waals surface area contributed by atoms with Gasteiger partial charge in [-0.15, -0.1) is 0 Å². The predicted molar refractivity (Wildman–Crippen MR) is 127 cm³/mol. The van der Waals surface area contributed by atoms with Crippen LogP contribution in [0.3, 0.4) is 0 Å². The summed E-state index contributed by atoms with van der Waals surface area (Å²) in [5, 5.41) is 3.28. The third-order valence-corrected chi connectivity index (χ3v) is 7.62. The highest BCUT2D eigenvalue weighted by Gasteiger charge is 2.36. The number of halogens is 4. The van der Waals surface area contributed by atoms with E-state index in [1.807, 2.05) is 0 Å². The van der Waals surface area contributed by atoms with E-state index in [9.17, 15) is 22.4 Å². The number of alkyl halides is 3. The van der Waals surface area contributed by atoms with Crippen molar-refractivity contribution in [3.8, 4) is 0 Å². The summed E-state index contributed by atoms with van der Waals surface area (Å²) in [7, 11) is 0. The number of anilines is 1. The van der Waals surface area contributed by atoms with Gasteiger partial charge in [-0.2, -0.15) is 13.2 Å². The summed E-state index contributed by atoms with van der Waals surface area (Å²) < 4.78 is 53.6. The van der Waals surface area contributed by atoms with Crippen LogP contribution in [0.5, 0.6) is 0 Å². The van der Waals surface area contributed by atoms with Crippen LogP contribution in [0, 0.1) is 11.7 Å². The zero-order chi connectivity index (χ0) is 25.4. The Morgan fingerprint density at radius 2 is 1.89 bits per heavy atom. The lowest BCUT2D eigenvalue weighted by atomic mass is 9.95. The molecule has 3 aliphatic rings. The molecule has 2 atom stereocenters. The first-order valence-electron chi connectivity index (χ1n) is 12.7. The van der Waals surface area contributed by atoms with Crippen molar-refractivity contribution in [2.45, 2.75) is 50.6 Å². The fourth-order valence-corrected chi connectivity index (χ4v) is 5.31. The highest BCUT2D eigenvalue weighted by Crippen LogP contribution is 2.37. The molecule has 0 radical (unpaired) electrons. The number of amides is 1. The molecule has 5 rings (SSSR count). The number of nitrogens with one attached hydrogen (secondary N) is 1. The van der Waals surface area contributed by atoms with Gasteiger partial charge in [0.25, 0.3) is 0 Å². The van der Waals surface area contributed by atoms with E-state index in [1.54, 1.807) is 11.2 Å². The number of benzene rings is 1. The molecule has 6 nitrogen and oxygen atoms in total. The molecule has 1 N–H and O–H groups in total. The third-order valence-electron chi connectivity index (χ3n) is 7.62. The minimum absolute atomic E-state index is 0.196. The van der Waals surface area contributed by atoms with Crippen LogP contribution in [0.25, 0.3) is 0 Å². The van der Waals surface area contributed by atoms with Crippen LogP contribution in [-0.2, 0) is 17.4 Å². The minimum Gasteiger partial charge on any atom is -0.353 e. The molecule has 2 heterocycles. The molecule has 1 aromatic carbocycles. The van der Waals surface area contributed by atoms with Gasteiger partial charge in [0, 0.05) is 44.0 Å². The Balaban J connectivity index is 1.30. The molecule has 0 spiro atoms. The molecule has 10 heteroatoms. The smallest absolute Gasteiger partial charge is 0.353 e. The van der Waals surface area contributed by atoms with Crippen LogP contribution in [-0.4, -0.2) is 60.0 Å². The summed E-state index contributed by atoms with van der Waals surface area (Å²) in [4.78, 5) is 26.5. The summed E-state index contributed by atoms with van der Waals surface area (Å²) in [6.07, 6.45) is 1.09. The van der Waals surface area contributed by atoms with Gasteiger partial charge in [-0.3, -0.25) is 4.79 Å². The highest BCUT2D eigenvalue weighted by atomic mass is 19.4. The van der Waals surface area contributed by atoms with E-state index in [-0.39, 0.29) is 18.0 Å². The summed E-state index contributed by atoms with van der Waals surface area (Å²) in [6, 6.07) is 2.84. The Morgan fingerprint density at radius 3 is 2.56 bits per heavy atom. The van der Waals surface area contributed by atoms with E-state index < -0.39 is 23.5 Å². The SMILES string of the molecule is C[C@@H]1CCc2ncnc(N3CCN(C(=O)C(CNCC4CC4)c4ccc(C(F)(F)F)c(F)c4)CC3)c21. The van der Waals surface area contributed by atoms with Crippen molar-refractivity contribution in [3.05, 3.63) is 52.7 Å². The number of fused-ring (bicyclic) bond motifs is 1. The van der Waals surface area contributed by atoms with Crippen LogP contribution < -0.4 is 10.2 Å². The number of rotatable bonds is 7. The van der Waals surface area contributed by atoms with Crippen molar-refractivity contribution in [3.63, 3.8) is 0 Å². The molecule has 1 unspecified atom stereocenters. The van der Waals surface area contributed by atoms with Gasteiger partial charge < -0.3 is 15.1 Å². The molecule has 1 saturated carbocycles. The van der Waals surface area contributed by atoms with Gasteiger partial charge in [-0.05, 0) is 61.8 Å². The van der Waals surface area contributed by atoms with E-state index in [1.165, 1.54) is 11.6 Å². The predicted octanol–water partition coefficient (Wildman–Crippen LogP) is 4.12. The van der Waals surface area contributed by atoms with Gasteiger partial charge in [-0.1, -0.05) is 13.0 Å². The topological polar surface area (TPSA) is 61.4 Å². The summed E-state index contributed by atoms with van der Waals surface area (Å²) in [6.45, 7) is 5.33. The number of carbonyl (C=O) groups is 1. The molecule has 36 heavy (non-hydrogen) atoms. The number of hydrogen-bond donors (Lipinski definition) is 1. The van der Waals surface area contributed by atoms with Gasteiger partial charge in [0.1, 0.15) is 18.0 Å². The van der Waals surface area contributed by atoms with Gasteiger partial charge in [-0.25, -0.2) is 14.4 Å². The first-order valence-corrected chi connectivity index (χ1v) is 12.7. The summed E-state index contributed by atoms with van der Waals surface area (Å²) in [5.41, 5.74) is 1.24. The Morgan fingerprint density at radius 1 is 1.14 bits per heavy atom. The summed E-state index contributed by atoms with van der Waals surface area (Å²) in [5.74, 6) is -0.395. The number of piperazine rings is 1. The molecular formula is C26H31F4N5O. The maximum absolute atomic E-state index is 14.4. The monoisotopic (exact) mass is 505 g/mol. The van der Waals surface area contributed by atoms with Crippen molar-refractivity contribution in [2.75, 3.05) is 44.2 Å². The molecule has 1 saturated heterocycles. The molecule has 1 aliphatic heterocycles. The second kappa shape index (κ2) is 9.95. The molecule has 194 valence electrons. The first kappa shape index (κ1) is 24.9. The van der Waals surface area contributed by atoms with Crippen molar-refractivity contribution >= 4 is 11.7 Å². The highest BCUT2D eigenvalue weighted by molar-refractivity contribution is 5.84. The zero-order valence-electron chi connectivity index (χ0n) is 20.3. The van der Waals surface area contributed by atoms with Crippen LogP contribution in [0.2, 0.25) is 0 Å². The number of nitrogens with zero attached hydrogens (tertiary/aromatic N) is 4. The van der Waals surface area contributed by atoms with E-state index in [0.717, 1.165) is 55.9 Å². The molecule has 1 amide bonds. The average molecular weight is 506 g/mol. The van der Waals surface area contributed by atoms with Crippen LogP contribution in [0.4, 0.5) is 23.4 Å². The lowest BCUT2D eigenvalue weighted by molar-refractivity contribution is -0.140. The van der Waals surface area contributed by atoms with Crippen molar-refractivity contribution in [1.82, 2.24) is 20.2 Å². The normalized spacial score (nSPS) is 21.0. The maximum atomic E-state index is 14.4. The number of aryl methyl sites for hydroxylation is 1. The quantitative estimate of drug-likeness (QED) is 0.574. The molecule has 2 fully saturated rings. The van der Waals surface area contributed by atoms with E-state index in [2.05, 4.69) is 27.1 Å². The van der Waals surface area contributed by atoms with Gasteiger partial charge in [0.15, 0.2) is 0 Å². The Kier molecular flexibility index (Phi) is 6.89.